The fourth-order valence-corrected chi connectivity index (χ4v) is 1.64. The fourth-order valence-electron chi connectivity index (χ4n) is 1.64. The number of rotatable bonds is 4. The van der Waals surface area contributed by atoms with Crippen molar-refractivity contribution >= 4 is 5.97 Å². The number of imidazole rings is 1. The summed E-state index contributed by atoms with van der Waals surface area (Å²) < 4.78 is 12.8. The zero-order valence-corrected chi connectivity index (χ0v) is 9.64. The van der Waals surface area contributed by atoms with Gasteiger partial charge in [-0.05, 0) is 36.9 Å². The number of carboxylic acid groups (broad SMARTS) is 1. The smallest absolute Gasteiger partial charge is 0.328 e. The number of benzene rings is 1. The number of aromatic nitrogens is 2. The van der Waals surface area contributed by atoms with Crippen LogP contribution in [0.3, 0.4) is 0 Å². The van der Waals surface area contributed by atoms with Crippen molar-refractivity contribution in [1.82, 2.24) is 15.3 Å². The summed E-state index contributed by atoms with van der Waals surface area (Å²) >= 11 is 0. The van der Waals surface area contributed by atoms with Gasteiger partial charge in [0.25, 0.3) is 0 Å². The molecule has 1 aromatic heterocycles. The second-order valence-corrected chi connectivity index (χ2v) is 3.75. The molecule has 0 bridgehead atoms. The van der Waals surface area contributed by atoms with Crippen LogP contribution in [0.2, 0.25) is 0 Å². The maximum atomic E-state index is 12.8. The Bertz CT molecular complexity index is 551. The number of carboxylic acids is 1. The van der Waals surface area contributed by atoms with Crippen LogP contribution in [0, 0.1) is 5.82 Å². The predicted molar refractivity (Wildman–Crippen MR) is 63.4 cm³/mol. The minimum atomic E-state index is -1.02. The summed E-state index contributed by atoms with van der Waals surface area (Å²) in [6.07, 6.45) is 1.52. The zero-order chi connectivity index (χ0) is 13.1. The van der Waals surface area contributed by atoms with E-state index < -0.39 is 12.0 Å². The molecule has 0 saturated carbocycles. The Morgan fingerprint density at radius 1 is 1.44 bits per heavy atom. The summed E-state index contributed by atoms with van der Waals surface area (Å²) in [7, 11) is 1.54. The normalized spacial score (nSPS) is 12.3. The Morgan fingerprint density at radius 3 is 2.67 bits per heavy atom. The van der Waals surface area contributed by atoms with Gasteiger partial charge in [-0.2, -0.15) is 0 Å². The molecular formula is C12H12FN3O2. The largest absolute Gasteiger partial charge is 0.480 e. The highest BCUT2D eigenvalue weighted by atomic mass is 19.1. The number of hydrogen-bond donors (Lipinski definition) is 3. The van der Waals surface area contributed by atoms with Crippen LogP contribution in [0.25, 0.3) is 11.3 Å². The molecule has 94 valence electrons. The van der Waals surface area contributed by atoms with E-state index in [2.05, 4.69) is 15.3 Å². The summed E-state index contributed by atoms with van der Waals surface area (Å²) in [5.74, 6) is -1.03. The topological polar surface area (TPSA) is 78.0 Å². The number of nitrogens with zero attached hydrogens (tertiary/aromatic N) is 1. The minimum Gasteiger partial charge on any atom is -0.480 e. The van der Waals surface area contributed by atoms with Gasteiger partial charge in [0.05, 0.1) is 11.9 Å². The number of halogens is 1. The third-order valence-corrected chi connectivity index (χ3v) is 2.56. The standard InChI is InChI=1S/C12H12FN3O2/c1-14-10(12(17)18)11-15-6-9(16-11)7-2-4-8(13)5-3-7/h2-6,10,14H,1H3,(H,15,16)(H,17,18). The van der Waals surface area contributed by atoms with Crippen LogP contribution in [0.5, 0.6) is 0 Å². The van der Waals surface area contributed by atoms with Gasteiger partial charge in [-0.15, -0.1) is 0 Å². The van der Waals surface area contributed by atoms with Crippen molar-refractivity contribution in [2.45, 2.75) is 6.04 Å². The molecule has 0 spiro atoms. The molecule has 3 N–H and O–H groups in total. The summed E-state index contributed by atoms with van der Waals surface area (Å²) in [6.45, 7) is 0. The average molecular weight is 249 g/mol. The first kappa shape index (κ1) is 12.3. The molecule has 0 fully saturated rings. The molecular weight excluding hydrogens is 237 g/mol. The number of nitrogens with one attached hydrogen (secondary N) is 2. The fraction of sp³-hybridized carbons (Fsp3) is 0.167. The maximum Gasteiger partial charge on any atom is 0.328 e. The van der Waals surface area contributed by atoms with Gasteiger partial charge >= 0.3 is 5.97 Å². The monoisotopic (exact) mass is 249 g/mol. The van der Waals surface area contributed by atoms with Gasteiger partial charge in [0, 0.05) is 0 Å². The van der Waals surface area contributed by atoms with E-state index in [4.69, 9.17) is 5.11 Å². The van der Waals surface area contributed by atoms with Crippen LogP contribution < -0.4 is 5.32 Å². The molecule has 1 heterocycles. The van der Waals surface area contributed by atoms with E-state index in [9.17, 15) is 9.18 Å². The van der Waals surface area contributed by atoms with Crippen LogP contribution in [-0.2, 0) is 4.79 Å². The molecule has 1 aromatic carbocycles. The number of aliphatic carboxylic acids is 1. The molecule has 18 heavy (non-hydrogen) atoms. The number of likely N-dealkylation sites (N-methyl/N-ethyl adjacent to an activating group) is 1. The van der Waals surface area contributed by atoms with E-state index in [-0.39, 0.29) is 5.82 Å². The quantitative estimate of drug-likeness (QED) is 0.768. The number of H-pyrrole nitrogens is 1. The van der Waals surface area contributed by atoms with E-state index in [1.54, 1.807) is 19.2 Å². The Labute approximate surface area is 103 Å². The van der Waals surface area contributed by atoms with Crippen molar-refractivity contribution in [3.05, 3.63) is 42.1 Å². The van der Waals surface area contributed by atoms with Crippen LogP contribution in [0.4, 0.5) is 4.39 Å². The highest BCUT2D eigenvalue weighted by Gasteiger charge is 2.20. The lowest BCUT2D eigenvalue weighted by Crippen LogP contribution is -2.26. The van der Waals surface area contributed by atoms with Crippen LogP contribution in [0.1, 0.15) is 11.9 Å². The molecule has 0 aliphatic rings. The summed E-state index contributed by atoms with van der Waals surface area (Å²) in [5, 5.41) is 11.6. The minimum absolute atomic E-state index is 0.310. The maximum absolute atomic E-state index is 12.8. The molecule has 0 radical (unpaired) electrons. The molecule has 2 rings (SSSR count). The van der Waals surface area contributed by atoms with E-state index in [0.29, 0.717) is 11.5 Å². The first-order valence-electron chi connectivity index (χ1n) is 5.32. The zero-order valence-electron chi connectivity index (χ0n) is 9.64. The Balaban J connectivity index is 2.30. The Kier molecular flexibility index (Phi) is 3.38. The lowest BCUT2D eigenvalue weighted by Gasteiger charge is -2.07. The van der Waals surface area contributed by atoms with Gasteiger partial charge in [-0.1, -0.05) is 0 Å². The van der Waals surface area contributed by atoms with Gasteiger partial charge in [-0.25, -0.2) is 9.37 Å². The van der Waals surface area contributed by atoms with Gasteiger partial charge in [0.2, 0.25) is 0 Å². The summed E-state index contributed by atoms with van der Waals surface area (Å²) in [6, 6.07) is 4.98. The average Bonchev–Trinajstić information content (AvgIpc) is 2.80. The third-order valence-electron chi connectivity index (χ3n) is 2.56. The van der Waals surface area contributed by atoms with Gasteiger partial charge in [-0.3, -0.25) is 4.79 Å². The van der Waals surface area contributed by atoms with Crippen molar-refractivity contribution in [3.63, 3.8) is 0 Å². The molecule has 1 atom stereocenters. The van der Waals surface area contributed by atoms with Gasteiger partial charge < -0.3 is 15.4 Å². The van der Waals surface area contributed by atoms with Crippen molar-refractivity contribution in [3.8, 4) is 11.3 Å². The second-order valence-electron chi connectivity index (χ2n) is 3.75. The van der Waals surface area contributed by atoms with E-state index >= 15 is 0 Å². The van der Waals surface area contributed by atoms with Gasteiger partial charge in [0.15, 0.2) is 6.04 Å². The van der Waals surface area contributed by atoms with Crippen LogP contribution >= 0.6 is 0 Å². The number of carbonyl (C=O) groups is 1. The molecule has 0 aliphatic heterocycles. The van der Waals surface area contributed by atoms with E-state index in [1.165, 1.54) is 18.3 Å². The van der Waals surface area contributed by atoms with Crippen molar-refractivity contribution in [2.75, 3.05) is 7.05 Å². The van der Waals surface area contributed by atoms with E-state index in [0.717, 1.165) is 5.56 Å². The first-order valence-corrected chi connectivity index (χ1v) is 5.32. The first-order chi connectivity index (χ1) is 8.61. The summed E-state index contributed by atoms with van der Waals surface area (Å²) in [4.78, 5) is 17.9. The lowest BCUT2D eigenvalue weighted by molar-refractivity contribution is -0.139. The summed E-state index contributed by atoms with van der Waals surface area (Å²) in [5.41, 5.74) is 1.39. The number of aromatic amines is 1. The number of hydrogen-bond acceptors (Lipinski definition) is 3. The van der Waals surface area contributed by atoms with Crippen LogP contribution in [-0.4, -0.2) is 28.1 Å². The molecule has 0 amide bonds. The Hall–Kier alpha value is -2.21. The predicted octanol–water partition coefficient (Wildman–Crippen LogP) is 1.56. The molecule has 1 unspecified atom stereocenters. The molecule has 6 heteroatoms. The van der Waals surface area contributed by atoms with Crippen molar-refractivity contribution < 1.29 is 14.3 Å². The van der Waals surface area contributed by atoms with Crippen LogP contribution in [0.15, 0.2) is 30.5 Å². The Morgan fingerprint density at radius 2 is 2.11 bits per heavy atom. The van der Waals surface area contributed by atoms with Crippen molar-refractivity contribution in [2.24, 2.45) is 0 Å². The second kappa shape index (κ2) is 4.97. The highest BCUT2D eigenvalue weighted by molar-refractivity contribution is 5.74. The van der Waals surface area contributed by atoms with E-state index in [1.807, 2.05) is 0 Å². The van der Waals surface area contributed by atoms with Crippen molar-refractivity contribution in [1.29, 1.82) is 0 Å². The van der Waals surface area contributed by atoms with Gasteiger partial charge in [0.1, 0.15) is 11.6 Å². The SMILES string of the molecule is CNC(C(=O)O)c1ncc(-c2ccc(F)cc2)[nH]1. The molecule has 0 aliphatic carbocycles. The highest BCUT2D eigenvalue weighted by Crippen LogP contribution is 2.19. The third kappa shape index (κ3) is 2.38. The molecule has 2 aromatic rings. The molecule has 5 nitrogen and oxygen atoms in total. The lowest BCUT2D eigenvalue weighted by atomic mass is 10.2. The molecule has 0 saturated heterocycles.